The summed E-state index contributed by atoms with van der Waals surface area (Å²) in [6.07, 6.45) is 4.28. The van der Waals surface area contributed by atoms with Crippen molar-refractivity contribution >= 4 is 5.97 Å². The maximum atomic E-state index is 12.3. The second kappa shape index (κ2) is 7.84. The summed E-state index contributed by atoms with van der Waals surface area (Å²) in [6, 6.07) is 19.2. The van der Waals surface area contributed by atoms with Gasteiger partial charge in [-0.2, -0.15) is 0 Å². The fourth-order valence-corrected chi connectivity index (χ4v) is 4.56. The fourth-order valence-electron chi connectivity index (χ4n) is 4.56. The van der Waals surface area contributed by atoms with Crippen LogP contribution in [0.1, 0.15) is 59.5 Å². The van der Waals surface area contributed by atoms with Gasteiger partial charge in [-0.05, 0) is 28.5 Å². The van der Waals surface area contributed by atoms with Crippen molar-refractivity contribution in [2.75, 3.05) is 7.11 Å². The van der Waals surface area contributed by atoms with Crippen LogP contribution < -0.4 is 5.32 Å². The van der Waals surface area contributed by atoms with Crippen molar-refractivity contribution in [3.8, 4) is 0 Å². The number of carbonyl (C=O) groups excluding carboxylic acids is 1. The number of hydrogen-bond acceptors (Lipinski definition) is 4. The number of aromatic nitrogens is 2. The van der Waals surface area contributed by atoms with Crippen LogP contribution in [-0.2, 0) is 11.3 Å². The molecule has 0 saturated heterocycles. The van der Waals surface area contributed by atoms with E-state index in [2.05, 4.69) is 72.7 Å². The molecule has 1 aromatic heterocycles. The SMILES string of the molecule is COC(=O)c1cncn1C1c2ccccc2C(NCc2ccccc2)CC1(C)C. The largest absolute Gasteiger partial charge is 0.464 e. The molecule has 4 rings (SSSR count). The van der Waals surface area contributed by atoms with Crippen molar-refractivity contribution in [2.45, 2.75) is 38.9 Å². The Kier molecular flexibility index (Phi) is 5.24. The Morgan fingerprint density at radius 2 is 1.83 bits per heavy atom. The topological polar surface area (TPSA) is 56.1 Å². The molecule has 0 aliphatic heterocycles. The third-order valence-corrected chi connectivity index (χ3v) is 5.87. The molecule has 1 N–H and O–H groups in total. The predicted octanol–water partition coefficient (Wildman–Crippen LogP) is 4.52. The summed E-state index contributed by atoms with van der Waals surface area (Å²) in [4.78, 5) is 16.5. The van der Waals surface area contributed by atoms with Gasteiger partial charge < -0.3 is 14.6 Å². The first-order chi connectivity index (χ1) is 14.0. The molecule has 0 spiro atoms. The minimum atomic E-state index is -0.361. The van der Waals surface area contributed by atoms with Crippen molar-refractivity contribution in [3.05, 3.63) is 89.5 Å². The lowest BCUT2D eigenvalue weighted by Gasteiger charge is -2.45. The second-order valence-electron chi connectivity index (χ2n) is 8.32. The number of carbonyl (C=O) groups is 1. The number of hydrogen-bond donors (Lipinski definition) is 1. The Bertz CT molecular complexity index is 994. The van der Waals surface area contributed by atoms with Crippen LogP contribution in [0.2, 0.25) is 0 Å². The molecule has 1 aliphatic carbocycles. The molecule has 0 saturated carbocycles. The van der Waals surface area contributed by atoms with Crippen molar-refractivity contribution in [3.63, 3.8) is 0 Å². The Balaban J connectivity index is 1.71. The molecule has 29 heavy (non-hydrogen) atoms. The molecule has 150 valence electrons. The Morgan fingerprint density at radius 3 is 2.55 bits per heavy atom. The summed E-state index contributed by atoms with van der Waals surface area (Å²) in [5.41, 5.74) is 4.16. The van der Waals surface area contributed by atoms with Crippen molar-refractivity contribution in [1.29, 1.82) is 0 Å². The first-order valence-electron chi connectivity index (χ1n) is 9.97. The molecule has 5 heteroatoms. The van der Waals surface area contributed by atoms with Crippen molar-refractivity contribution in [2.24, 2.45) is 5.41 Å². The normalized spacial score (nSPS) is 20.1. The summed E-state index contributed by atoms with van der Waals surface area (Å²) in [6.45, 7) is 5.33. The van der Waals surface area contributed by atoms with E-state index in [9.17, 15) is 4.79 Å². The monoisotopic (exact) mass is 389 g/mol. The van der Waals surface area contributed by atoms with E-state index < -0.39 is 0 Å². The standard InChI is InChI=1S/C24H27N3O2/c1-24(2)13-20(26-14-17-9-5-4-6-10-17)18-11-7-8-12-19(18)22(24)27-16-25-15-21(27)23(28)29-3/h4-12,15-16,20,22,26H,13-14H2,1-3H3. The number of imidazole rings is 1. The molecule has 5 nitrogen and oxygen atoms in total. The number of rotatable bonds is 5. The molecule has 0 radical (unpaired) electrons. The zero-order valence-corrected chi connectivity index (χ0v) is 17.1. The van der Waals surface area contributed by atoms with Gasteiger partial charge in [0.1, 0.15) is 5.69 Å². The average Bonchev–Trinajstić information content (AvgIpc) is 3.20. The first-order valence-corrected chi connectivity index (χ1v) is 9.97. The summed E-state index contributed by atoms with van der Waals surface area (Å²) in [5, 5.41) is 3.75. The minimum Gasteiger partial charge on any atom is -0.464 e. The number of fused-ring (bicyclic) bond motifs is 1. The van der Waals surface area contributed by atoms with E-state index in [-0.39, 0.29) is 23.5 Å². The van der Waals surface area contributed by atoms with Gasteiger partial charge in [-0.1, -0.05) is 68.4 Å². The zero-order valence-electron chi connectivity index (χ0n) is 17.1. The Hall–Kier alpha value is -2.92. The number of ether oxygens (including phenoxy) is 1. The van der Waals surface area contributed by atoms with Crippen LogP contribution in [0.25, 0.3) is 0 Å². The van der Waals surface area contributed by atoms with E-state index in [1.165, 1.54) is 23.8 Å². The van der Waals surface area contributed by atoms with Gasteiger partial charge in [0.05, 0.1) is 25.7 Å². The maximum absolute atomic E-state index is 12.3. The molecule has 3 aromatic rings. The third kappa shape index (κ3) is 3.70. The predicted molar refractivity (Wildman–Crippen MR) is 113 cm³/mol. The van der Waals surface area contributed by atoms with Crippen LogP contribution in [0.15, 0.2) is 67.1 Å². The van der Waals surface area contributed by atoms with Crippen LogP contribution in [0.3, 0.4) is 0 Å². The van der Waals surface area contributed by atoms with Crippen LogP contribution in [0, 0.1) is 5.41 Å². The highest BCUT2D eigenvalue weighted by Gasteiger charge is 2.42. The molecule has 0 bridgehead atoms. The third-order valence-electron chi connectivity index (χ3n) is 5.87. The Morgan fingerprint density at radius 1 is 1.14 bits per heavy atom. The molecule has 0 amide bonds. The van der Waals surface area contributed by atoms with E-state index in [4.69, 9.17) is 4.74 Å². The lowest BCUT2D eigenvalue weighted by molar-refractivity contribution is 0.0579. The molecule has 0 fully saturated rings. The van der Waals surface area contributed by atoms with Crippen LogP contribution in [0.5, 0.6) is 0 Å². The van der Waals surface area contributed by atoms with E-state index in [1.54, 1.807) is 12.5 Å². The van der Waals surface area contributed by atoms with E-state index in [0.717, 1.165) is 13.0 Å². The highest BCUT2D eigenvalue weighted by molar-refractivity contribution is 5.87. The summed E-state index contributed by atoms with van der Waals surface area (Å²) >= 11 is 0. The van der Waals surface area contributed by atoms with Gasteiger partial charge in [0, 0.05) is 12.6 Å². The fraction of sp³-hybridized carbons (Fsp3) is 0.333. The average molecular weight is 389 g/mol. The van der Waals surface area contributed by atoms with Gasteiger partial charge in [-0.3, -0.25) is 0 Å². The lowest BCUT2D eigenvalue weighted by atomic mass is 9.68. The first kappa shape index (κ1) is 19.4. The second-order valence-corrected chi connectivity index (χ2v) is 8.32. The zero-order chi connectivity index (χ0) is 20.4. The van der Waals surface area contributed by atoms with Gasteiger partial charge in [0.2, 0.25) is 0 Å². The lowest BCUT2D eigenvalue weighted by Crippen LogP contribution is -2.39. The molecule has 2 unspecified atom stereocenters. The molecule has 1 aliphatic rings. The van der Waals surface area contributed by atoms with Gasteiger partial charge in [-0.15, -0.1) is 0 Å². The van der Waals surface area contributed by atoms with Gasteiger partial charge in [0.15, 0.2) is 0 Å². The van der Waals surface area contributed by atoms with Gasteiger partial charge in [0.25, 0.3) is 0 Å². The minimum absolute atomic E-state index is 0.00470. The van der Waals surface area contributed by atoms with Crippen LogP contribution in [0.4, 0.5) is 0 Å². The van der Waals surface area contributed by atoms with Crippen molar-refractivity contribution in [1.82, 2.24) is 14.9 Å². The summed E-state index contributed by atoms with van der Waals surface area (Å²) in [5.74, 6) is -0.361. The smallest absolute Gasteiger partial charge is 0.356 e. The molecule has 2 atom stereocenters. The number of nitrogens with one attached hydrogen (secondary N) is 1. The quantitative estimate of drug-likeness (QED) is 0.652. The van der Waals surface area contributed by atoms with E-state index >= 15 is 0 Å². The number of esters is 1. The molecular formula is C24H27N3O2. The summed E-state index contributed by atoms with van der Waals surface area (Å²) < 4.78 is 6.95. The molecule has 1 heterocycles. The summed E-state index contributed by atoms with van der Waals surface area (Å²) in [7, 11) is 1.41. The van der Waals surface area contributed by atoms with E-state index in [0.29, 0.717) is 5.69 Å². The van der Waals surface area contributed by atoms with Gasteiger partial charge >= 0.3 is 5.97 Å². The van der Waals surface area contributed by atoms with Crippen LogP contribution in [-0.4, -0.2) is 22.6 Å². The van der Waals surface area contributed by atoms with Crippen LogP contribution >= 0.6 is 0 Å². The number of benzene rings is 2. The highest BCUT2D eigenvalue weighted by atomic mass is 16.5. The number of nitrogens with zero attached hydrogens (tertiary/aromatic N) is 2. The Labute approximate surface area is 171 Å². The van der Waals surface area contributed by atoms with Gasteiger partial charge in [-0.25, -0.2) is 9.78 Å². The maximum Gasteiger partial charge on any atom is 0.356 e. The molecule has 2 aromatic carbocycles. The highest BCUT2D eigenvalue weighted by Crippen LogP contribution is 2.50. The molecular weight excluding hydrogens is 362 g/mol. The van der Waals surface area contributed by atoms with Crippen molar-refractivity contribution < 1.29 is 9.53 Å². The number of methoxy groups -OCH3 is 1. The van der Waals surface area contributed by atoms with E-state index in [1.807, 2.05) is 10.6 Å².